The zero-order valence-corrected chi connectivity index (χ0v) is 11.2. The van der Waals surface area contributed by atoms with E-state index < -0.39 is 0 Å². The molecule has 100 valence electrons. The highest BCUT2D eigenvalue weighted by molar-refractivity contribution is 5.78. The molecule has 0 saturated carbocycles. The average molecular weight is 264 g/mol. The van der Waals surface area contributed by atoms with Crippen LogP contribution in [0.3, 0.4) is 0 Å². The quantitative estimate of drug-likeness (QED) is 0.683. The molecule has 2 nitrogen and oxygen atoms in total. The first-order chi connectivity index (χ1) is 9.83. The fourth-order valence-corrected chi connectivity index (χ4v) is 3.50. The predicted octanol–water partition coefficient (Wildman–Crippen LogP) is 3.24. The fraction of sp³-hybridized carbons (Fsp3) is 0.278. The lowest BCUT2D eigenvalue weighted by atomic mass is 9.78. The first kappa shape index (κ1) is 11.7. The Morgan fingerprint density at radius 3 is 2.15 bits per heavy atom. The van der Waals surface area contributed by atoms with Gasteiger partial charge in [0.2, 0.25) is 0 Å². The topological polar surface area (TPSA) is 26.3 Å². The minimum atomic E-state index is -0.0239. The summed E-state index contributed by atoms with van der Waals surface area (Å²) in [5.74, 6) is 0.311. The number of benzene rings is 2. The minimum Gasteiger partial charge on any atom is -0.465 e. The molecule has 2 aromatic carbocycles. The molecule has 0 radical (unpaired) electrons. The van der Waals surface area contributed by atoms with Gasteiger partial charge in [-0.25, -0.2) is 0 Å². The van der Waals surface area contributed by atoms with E-state index in [1.165, 1.54) is 22.3 Å². The van der Waals surface area contributed by atoms with E-state index in [0.717, 1.165) is 12.8 Å². The largest absolute Gasteiger partial charge is 0.465 e. The van der Waals surface area contributed by atoms with Gasteiger partial charge in [0.1, 0.15) is 0 Å². The van der Waals surface area contributed by atoms with Crippen molar-refractivity contribution in [3.05, 3.63) is 59.7 Å². The Hall–Kier alpha value is -2.09. The van der Waals surface area contributed by atoms with Crippen molar-refractivity contribution >= 4 is 5.97 Å². The van der Waals surface area contributed by atoms with Crippen LogP contribution in [0.25, 0.3) is 11.1 Å². The van der Waals surface area contributed by atoms with Crippen molar-refractivity contribution in [3.63, 3.8) is 0 Å². The van der Waals surface area contributed by atoms with Gasteiger partial charge in [-0.2, -0.15) is 0 Å². The van der Waals surface area contributed by atoms with Gasteiger partial charge in [-0.3, -0.25) is 4.79 Å². The molecule has 1 fully saturated rings. The second kappa shape index (κ2) is 4.48. The Bertz CT molecular complexity index is 675. The van der Waals surface area contributed by atoms with E-state index in [9.17, 15) is 4.79 Å². The van der Waals surface area contributed by atoms with Crippen LogP contribution in [0.2, 0.25) is 0 Å². The predicted molar refractivity (Wildman–Crippen MR) is 77.2 cm³/mol. The Kier molecular flexibility index (Phi) is 2.62. The average Bonchev–Trinajstić information content (AvgIpc) is 2.79. The molecule has 1 aliphatic carbocycles. The number of carbonyl (C=O) groups is 1. The van der Waals surface area contributed by atoms with Crippen LogP contribution in [-0.2, 0) is 22.4 Å². The number of carbonyl (C=O) groups excluding carboxylic acids is 1. The number of hydrogen-bond acceptors (Lipinski definition) is 2. The van der Waals surface area contributed by atoms with Crippen LogP contribution in [-0.4, -0.2) is 12.6 Å². The summed E-state index contributed by atoms with van der Waals surface area (Å²) in [6.07, 6.45) is 1.73. The zero-order valence-electron chi connectivity index (χ0n) is 11.2. The van der Waals surface area contributed by atoms with Crippen LogP contribution in [0.4, 0.5) is 0 Å². The Morgan fingerprint density at radius 2 is 1.45 bits per heavy atom. The summed E-state index contributed by atoms with van der Waals surface area (Å²) in [7, 11) is 0. The summed E-state index contributed by atoms with van der Waals surface area (Å²) in [6, 6.07) is 17.0. The van der Waals surface area contributed by atoms with Crippen LogP contribution in [0, 0.1) is 11.8 Å². The van der Waals surface area contributed by atoms with Crippen molar-refractivity contribution in [2.24, 2.45) is 11.8 Å². The van der Waals surface area contributed by atoms with Crippen molar-refractivity contribution in [1.82, 2.24) is 0 Å². The highest BCUT2D eigenvalue weighted by Crippen LogP contribution is 2.38. The minimum absolute atomic E-state index is 0.0181. The molecule has 20 heavy (non-hydrogen) atoms. The van der Waals surface area contributed by atoms with Gasteiger partial charge in [0, 0.05) is 5.92 Å². The number of fused-ring (bicyclic) bond motifs is 4. The monoisotopic (exact) mass is 264 g/mol. The van der Waals surface area contributed by atoms with Crippen LogP contribution < -0.4 is 0 Å². The second-order valence-electron chi connectivity index (χ2n) is 5.72. The van der Waals surface area contributed by atoms with Gasteiger partial charge in [-0.05, 0) is 35.1 Å². The SMILES string of the molecule is O=C1OC[C@@H]2Cc3ccccc3-c3ccccc3C[C@@H]12. The molecule has 2 heteroatoms. The van der Waals surface area contributed by atoms with E-state index in [1.54, 1.807) is 0 Å². The van der Waals surface area contributed by atoms with Gasteiger partial charge in [0.15, 0.2) is 0 Å². The Labute approximate surface area is 118 Å². The molecule has 2 atom stereocenters. The van der Waals surface area contributed by atoms with Gasteiger partial charge in [-0.15, -0.1) is 0 Å². The zero-order chi connectivity index (χ0) is 13.5. The molecule has 0 N–H and O–H groups in total. The third kappa shape index (κ3) is 1.75. The summed E-state index contributed by atoms with van der Waals surface area (Å²) >= 11 is 0. The molecule has 2 aromatic rings. The third-order valence-corrected chi connectivity index (χ3v) is 4.56. The lowest BCUT2D eigenvalue weighted by Crippen LogP contribution is -2.22. The smallest absolute Gasteiger partial charge is 0.309 e. The normalized spacial score (nSPS) is 23.9. The van der Waals surface area contributed by atoms with Gasteiger partial charge in [0.05, 0.1) is 12.5 Å². The molecular weight excluding hydrogens is 248 g/mol. The van der Waals surface area contributed by atoms with Crippen LogP contribution in [0.5, 0.6) is 0 Å². The number of ether oxygens (including phenoxy) is 1. The van der Waals surface area contributed by atoms with Gasteiger partial charge in [-0.1, -0.05) is 48.5 Å². The molecule has 2 aliphatic rings. The standard InChI is InChI=1S/C18H16O2/c19-18-17-10-13-6-2-4-8-16(13)15-7-3-1-5-12(15)9-14(17)11-20-18/h1-8,14,17H,9-11H2/t14-,17+/m0/s1. The van der Waals surface area contributed by atoms with Gasteiger partial charge < -0.3 is 4.74 Å². The van der Waals surface area contributed by atoms with E-state index in [-0.39, 0.29) is 11.9 Å². The molecule has 1 heterocycles. The molecule has 0 spiro atoms. The molecule has 4 rings (SSSR count). The highest BCUT2D eigenvalue weighted by atomic mass is 16.5. The summed E-state index contributed by atoms with van der Waals surface area (Å²) < 4.78 is 5.30. The van der Waals surface area contributed by atoms with E-state index in [4.69, 9.17) is 4.74 Å². The molecule has 1 saturated heterocycles. The van der Waals surface area contributed by atoms with Crippen molar-refractivity contribution in [2.45, 2.75) is 12.8 Å². The van der Waals surface area contributed by atoms with E-state index >= 15 is 0 Å². The maximum absolute atomic E-state index is 12.0. The van der Waals surface area contributed by atoms with E-state index in [0.29, 0.717) is 12.5 Å². The molecule has 0 aromatic heterocycles. The third-order valence-electron chi connectivity index (χ3n) is 4.56. The van der Waals surface area contributed by atoms with Crippen molar-refractivity contribution in [1.29, 1.82) is 0 Å². The summed E-state index contributed by atoms with van der Waals surface area (Å²) in [6.45, 7) is 0.569. The van der Waals surface area contributed by atoms with Crippen molar-refractivity contribution in [3.8, 4) is 11.1 Å². The summed E-state index contributed by atoms with van der Waals surface area (Å²) in [4.78, 5) is 12.0. The summed E-state index contributed by atoms with van der Waals surface area (Å²) in [5.41, 5.74) is 5.16. The summed E-state index contributed by atoms with van der Waals surface area (Å²) in [5, 5.41) is 0. The van der Waals surface area contributed by atoms with Crippen LogP contribution >= 0.6 is 0 Å². The fourth-order valence-electron chi connectivity index (χ4n) is 3.50. The number of esters is 1. The molecule has 0 unspecified atom stereocenters. The van der Waals surface area contributed by atoms with Crippen molar-refractivity contribution < 1.29 is 9.53 Å². The van der Waals surface area contributed by atoms with Crippen molar-refractivity contribution in [2.75, 3.05) is 6.61 Å². The number of cyclic esters (lactones) is 1. The van der Waals surface area contributed by atoms with Gasteiger partial charge in [0.25, 0.3) is 0 Å². The lowest BCUT2D eigenvalue weighted by Gasteiger charge is -2.23. The molecule has 0 bridgehead atoms. The van der Waals surface area contributed by atoms with Crippen LogP contribution in [0.15, 0.2) is 48.5 Å². The first-order valence-corrected chi connectivity index (χ1v) is 7.16. The number of rotatable bonds is 0. The van der Waals surface area contributed by atoms with Gasteiger partial charge >= 0.3 is 5.97 Å². The second-order valence-corrected chi connectivity index (χ2v) is 5.72. The number of hydrogen-bond donors (Lipinski definition) is 0. The van der Waals surface area contributed by atoms with E-state index in [2.05, 4.69) is 48.5 Å². The maximum atomic E-state index is 12.0. The van der Waals surface area contributed by atoms with Crippen LogP contribution in [0.1, 0.15) is 11.1 Å². The lowest BCUT2D eigenvalue weighted by molar-refractivity contribution is -0.141. The van der Waals surface area contributed by atoms with E-state index in [1.807, 2.05) is 0 Å². The maximum Gasteiger partial charge on any atom is 0.309 e. The highest BCUT2D eigenvalue weighted by Gasteiger charge is 2.38. The molecule has 0 amide bonds. The first-order valence-electron chi connectivity index (χ1n) is 7.16. The Morgan fingerprint density at radius 1 is 0.850 bits per heavy atom. The Balaban J connectivity index is 1.91. The molecular formula is C18H16O2. The molecule has 1 aliphatic heterocycles.